The zero-order chi connectivity index (χ0) is 24.6. The number of esters is 1. The van der Waals surface area contributed by atoms with Crippen molar-refractivity contribution in [3.8, 4) is 11.8 Å². The van der Waals surface area contributed by atoms with Gasteiger partial charge in [0.15, 0.2) is 0 Å². The maximum Gasteiger partial charge on any atom is 0.343 e. The maximum atomic E-state index is 13.2. The molecule has 0 aliphatic rings. The Morgan fingerprint density at radius 2 is 1.85 bits per heavy atom. The molecule has 2 atom stereocenters. The van der Waals surface area contributed by atoms with Crippen LogP contribution in [0.4, 0.5) is 15.1 Å². The van der Waals surface area contributed by atoms with Crippen LogP contribution >= 0.6 is 0 Å². The third-order valence-corrected chi connectivity index (χ3v) is 5.31. The van der Waals surface area contributed by atoms with Crippen LogP contribution < -0.4 is 19.5 Å². The van der Waals surface area contributed by atoms with Crippen molar-refractivity contribution in [3.05, 3.63) is 30.1 Å². The number of ether oxygens (including phenoxy) is 3. The van der Waals surface area contributed by atoms with Crippen LogP contribution in [0.2, 0.25) is 0 Å². The Morgan fingerprint density at radius 1 is 1.21 bits per heavy atom. The highest BCUT2D eigenvalue weighted by Crippen LogP contribution is 2.18. The number of carbonyl (C=O) groups is 2. The number of methoxy groups -OCH3 is 2. The summed E-state index contributed by atoms with van der Waals surface area (Å²) in [6.45, 7) is 0.345. The van der Waals surface area contributed by atoms with E-state index in [4.69, 9.17) is 19.3 Å². The molecule has 0 saturated carbocycles. The summed E-state index contributed by atoms with van der Waals surface area (Å²) in [6, 6.07) is 2.68. The van der Waals surface area contributed by atoms with Crippen molar-refractivity contribution in [1.82, 2.24) is 19.7 Å². The van der Waals surface area contributed by atoms with E-state index in [1.54, 1.807) is 4.72 Å². The molecule has 2 unspecified atom stereocenters. The minimum Gasteiger partial charge on any atom is -0.481 e. The molecule has 0 fully saturated rings. The lowest BCUT2D eigenvalue weighted by Gasteiger charge is -2.16. The third-order valence-electron chi connectivity index (χ3n) is 3.90. The van der Waals surface area contributed by atoms with Crippen molar-refractivity contribution in [3.63, 3.8) is 0 Å². The largest absolute Gasteiger partial charge is 0.481 e. The fourth-order valence-corrected chi connectivity index (χ4v) is 3.56. The van der Waals surface area contributed by atoms with Crippen molar-refractivity contribution in [2.75, 3.05) is 26.1 Å². The van der Waals surface area contributed by atoms with Gasteiger partial charge in [0.25, 0.3) is 10.0 Å². The lowest BCUT2D eigenvalue weighted by atomic mass is 10.2. The second-order valence-electron chi connectivity index (χ2n) is 6.39. The predicted molar refractivity (Wildman–Crippen MR) is 110 cm³/mol. The van der Waals surface area contributed by atoms with Gasteiger partial charge in [0.05, 0.1) is 32.6 Å². The maximum absolute atomic E-state index is 13.2. The van der Waals surface area contributed by atoms with Gasteiger partial charge in [-0.2, -0.15) is 9.97 Å². The van der Waals surface area contributed by atoms with Crippen LogP contribution in [0, 0.1) is 0 Å². The van der Waals surface area contributed by atoms with E-state index >= 15 is 0 Å². The molecule has 0 spiro atoms. The van der Waals surface area contributed by atoms with E-state index in [1.807, 2.05) is 0 Å². The molecule has 2 aromatic heterocycles. The van der Waals surface area contributed by atoms with Gasteiger partial charge in [0.2, 0.25) is 23.9 Å². The number of pyridine rings is 1. The quantitative estimate of drug-likeness (QED) is 0.390. The van der Waals surface area contributed by atoms with E-state index in [1.165, 1.54) is 45.5 Å². The van der Waals surface area contributed by atoms with E-state index in [2.05, 4.69) is 20.3 Å². The van der Waals surface area contributed by atoms with E-state index in [9.17, 15) is 22.4 Å². The average molecular weight is 487 g/mol. The smallest absolute Gasteiger partial charge is 0.343 e. The first-order valence-corrected chi connectivity index (χ1v) is 10.8. The van der Waals surface area contributed by atoms with Gasteiger partial charge in [-0.15, -0.1) is 0 Å². The summed E-state index contributed by atoms with van der Waals surface area (Å²) in [5.41, 5.74) is -0.0446. The third kappa shape index (κ3) is 7.21. The number of nitrogens with one attached hydrogen (secondary N) is 2. The van der Waals surface area contributed by atoms with Crippen LogP contribution in [0.5, 0.6) is 11.8 Å². The van der Waals surface area contributed by atoms with E-state index in [0.717, 1.165) is 0 Å². The molecule has 0 aromatic carbocycles. The molecule has 0 radical (unpaired) electrons. The number of urea groups is 1. The molecule has 33 heavy (non-hydrogen) atoms. The predicted octanol–water partition coefficient (Wildman–Crippen LogP) is 0.204. The summed E-state index contributed by atoms with van der Waals surface area (Å²) in [5.74, 6) is -1.45. The van der Waals surface area contributed by atoms with Gasteiger partial charge in [-0.25, -0.2) is 27.1 Å². The lowest BCUT2D eigenvalue weighted by molar-refractivity contribution is -0.155. The molecule has 2 heterocycles. The van der Waals surface area contributed by atoms with Crippen LogP contribution in [0.15, 0.2) is 29.3 Å². The Labute approximate surface area is 188 Å². The van der Waals surface area contributed by atoms with Crippen molar-refractivity contribution < 1.29 is 41.7 Å². The standard InChI is InChI=1S/C18H22FN5O8S/c1-10(32-16(26)11(19)9-25)7-12-13(5-4-6-20-12)33(28,29)24-18(27)23-17-21-14(30-2)8-15(22-17)31-3/h4-6,8,10-11,25H,7,9H2,1-3H3,(H2,21,22,23,24,27). The second-order valence-corrected chi connectivity index (χ2v) is 8.04. The molecule has 13 nitrogen and oxygen atoms in total. The van der Waals surface area contributed by atoms with E-state index in [0.29, 0.717) is 0 Å². The zero-order valence-corrected chi connectivity index (χ0v) is 18.6. The number of halogens is 1. The molecule has 2 aromatic rings. The molecular formula is C18H22FN5O8S. The SMILES string of the molecule is COc1cc(OC)nc(NC(=O)NS(=O)(=O)c2cccnc2CC(C)OC(=O)C(F)CO)n1. The summed E-state index contributed by atoms with van der Waals surface area (Å²) in [7, 11) is -1.78. The molecule has 0 bridgehead atoms. The summed E-state index contributed by atoms with van der Waals surface area (Å²) < 4.78 is 55.2. The Balaban J connectivity index is 2.15. The van der Waals surface area contributed by atoms with Gasteiger partial charge in [0.1, 0.15) is 11.0 Å². The van der Waals surface area contributed by atoms with Crippen LogP contribution in [0.1, 0.15) is 12.6 Å². The van der Waals surface area contributed by atoms with Crippen molar-refractivity contribution in [2.45, 2.75) is 30.5 Å². The highest BCUT2D eigenvalue weighted by molar-refractivity contribution is 7.90. The molecule has 180 valence electrons. The number of amides is 2. The number of rotatable bonds is 10. The van der Waals surface area contributed by atoms with Gasteiger partial charge in [-0.1, -0.05) is 0 Å². The number of sulfonamides is 1. The average Bonchev–Trinajstić information content (AvgIpc) is 2.77. The zero-order valence-electron chi connectivity index (χ0n) is 17.8. The van der Waals surface area contributed by atoms with Gasteiger partial charge in [0, 0.05) is 12.6 Å². The Bertz CT molecular complexity index is 1080. The molecule has 2 rings (SSSR count). The minimum atomic E-state index is -4.43. The molecule has 0 saturated heterocycles. The van der Waals surface area contributed by atoms with E-state index < -0.39 is 40.9 Å². The van der Waals surface area contributed by atoms with Crippen LogP contribution in [0.3, 0.4) is 0 Å². The minimum absolute atomic E-state index is 0.0446. The molecule has 0 aliphatic heterocycles. The normalized spacial score (nSPS) is 12.9. The first-order chi connectivity index (χ1) is 15.6. The number of hydrogen-bond acceptors (Lipinski definition) is 11. The van der Waals surface area contributed by atoms with E-state index in [-0.39, 0.29) is 34.7 Å². The molecule has 0 aliphatic carbocycles. The first-order valence-electron chi connectivity index (χ1n) is 9.29. The summed E-state index contributed by atoms with van der Waals surface area (Å²) in [6.07, 6.45) is -2.11. The lowest BCUT2D eigenvalue weighted by Crippen LogP contribution is -2.36. The summed E-state index contributed by atoms with van der Waals surface area (Å²) >= 11 is 0. The molecule has 3 N–H and O–H groups in total. The van der Waals surface area contributed by atoms with Crippen LogP contribution in [-0.4, -0.2) is 73.6 Å². The first kappa shape index (κ1) is 25.7. The summed E-state index contributed by atoms with van der Waals surface area (Å²) in [5, 5.41) is 10.8. The number of hydrogen-bond donors (Lipinski definition) is 3. The highest BCUT2D eigenvalue weighted by Gasteiger charge is 2.26. The van der Waals surface area contributed by atoms with Crippen LogP contribution in [-0.2, 0) is 26.0 Å². The van der Waals surface area contributed by atoms with Gasteiger partial charge < -0.3 is 19.3 Å². The van der Waals surface area contributed by atoms with Crippen molar-refractivity contribution in [1.29, 1.82) is 0 Å². The molecule has 2 amide bonds. The number of aliphatic hydroxyl groups excluding tert-OH is 1. The van der Waals surface area contributed by atoms with Crippen LogP contribution in [0.25, 0.3) is 0 Å². The van der Waals surface area contributed by atoms with Gasteiger partial charge in [-0.05, 0) is 19.1 Å². The molecular weight excluding hydrogens is 465 g/mol. The van der Waals surface area contributed by atoms with Crippen molar-refractivity contribution in [2.24, 2.45) is 0 Å². The Morgan fingerprint density at radius 3 is 2.42 bits per heavy atom. The highest BCUT2D eigenvalue weighted by atomic mass is 32.2. The Hall–Kier alpha value is -3.59. The Kier molecular flexibility index (Phi) is 8.81. The topological polar surface area (TPSA) is 179 Å². The number of nitrogens with zero attached hydrogens (tertiary/aromatic N) is 3. The number of aromatic nitrogens is 3. The fraction of sp³-hybridized carbons (Fsp3) is 0.389. The summed E-state index contributed by atoms with van der Waals surface area (Å²) in [4.78, 5) is 35.0. The van der Waals surface area contributed by atoms with Gasteiger partial charge >= 0.3 is 12.0 Å². The fourth-order valence-electron chi connectivity index (χ4n) is 2.45. The number of alkyl halides is 1. The number of aliphatic hydroxyl groups is 1. The second kappa shape index (κ2) is 11.3. The monoisotopic (exact) mass is 487 g/mol. The molecule has 15 heteroatoms. The van der Waals surface area contributed by atoms with Gasteiger partial charge in [-0.3, -0.25) is 10.3 Å². The number of carbonyl (C=O) groups excluding carboxylic acids is 2. The number of anilines is 1. The van der Waals surface area contributed by atoms with Crippen molar-refractivity contribution >= 4 is 28.0 Å².